The topological polar surface area (TPSA) is 55.2 Å². The summed E-state index contributed by atoms with van der Waals surface area (Å²) in [5.41, 5.74) is -3.69. The van der Waals surface area contributed by atoms with Crippen molar-refractivity contribution in [3.05, 3.63) is 31.9 Å². The molecule has 1 aromatic carbocycles. The highest BCUT2D eigenvalue weighted by Gasteiger charge is 2.27. The van der Waals surface area contributed by atoms with Gasteiger partial charge in [-0.3, -0.25) is 10.1 Å². The highest BCUT2D eigenvalue weighted by Crippen LogP contribution is 2.30. The molecular weight excluding hydrogens is 384 g/mol. The molecule has 0 aliphatic carbocycles. The van der Waals surface area contributed by atoms with E-state index in [9.17, 15) is 23.3 Å². The fourth-order valence-corrected chi connectivity index (χ4v) is 2.27. The van der Waals surface area contributed by atoms with Crippen LogP contribution in [-0.4, -0.2) is 22.7 Å². The summed E-state index contributed by atoms with van der Waals surface area (Å²) in [6.45, 7) is 0.137. The smallest absolute Gasteiger partial charge is 0.384 e. The standard InChI is InChI=1S/C9H8F3IN2O2S/c10-9(11,12)18-4-3-14-6-1-2-8(15(16)17)7(13)5-6/h1-2,5,14H,3-4H2. The van der Waals surface area contributed by atoms with Gasteiger partial charge in [-0.25, -0.2) is 0 Å². The van der Waals surface area contributed by atoms with Gasteiger partial charge in [-0.15, -0.1) is 0 Å². The van der Waals surface area contributed by atoms with Crippen molar-refractivity contribution >= 4 is 45.7 Å². The van der Waals surface area contributed by atoms with Crippen molar-refractivity contribution in [1.82, 2.24) is 0 Å². The van der Waals surface area contributed by atoms with E-state index in [1.165, 1.54) is 18.2 Å². The summed E-state index contributed by atoms with van der Waals surface area (Å²) in [6.07, 6.45) is 0. The molecule has 1 aromatic rings. The average molecular weight is 392 g/mol. The minimum absolute atomic E-state index is 0.0224. The van der Waals surface area contributed by atoms with Gasteiger partial charge in [0, 0.05) is 24.1 Å². The van der Waals surface area contributed by atoms with Crippen LogP contribution < -0.4 is 5.32 Å². The highest BCUT2D eigenvalue weighted by atomic mass is 127. The van der Waals surface area contributed by atoms with Gasteiger partial charge in [0.05, 0.1) is 8.49 Å². The van der Waals surface area contributed by atoms with Crippen LogP contribution in [0.5, 0.6) is 0 Å². The van der Waals surface area contributed by atoms with E-state index in [0.717, 1.165) is 0 Å². The molecule has 0 saturated heterocycles. The number of nitrogens with zero attached hydrogens (tertiary/aromatic N) is 1. The molecule has 0 heterocycles. The van der Waals surface area contributed by atoms with Crippen molar-refractivity contribution in [3.8, 4) is 0 Å². The number of nitro benzene ring substituents is 1. The maximum Gasteiger partial charge on any atom is 0.441 e. The first kappa shape index (κ1) is 15.3. The largest absolute Gasteiger partial charge is 0.441 e. The Hall–Kier alpha value is -0.710. The molecule has 1 rings (SSSR count). The van der Waals surface area contributed by atoms with Crippen molar-refractivity contribution in [1.29, 1.82) is 0 Å². The first-order valence-electron chi connectivity index (χ1n) is 4.68. The second-order valence-electron chi connectivity index (χ2n) is 3.14. The molecule has 0 radical (unpaired) electrons. The summed E-state index contributed by atoms with van der Waals surface area (Å²) < 4.78 is 36.0. The Morgan fingerprint density at radius 2 is 2.11 bits per heavy atom. The Morgan fingerprint density at radius 3 is 2.61 bits per heavy atom. The van der Waals surface area contributed by atoms with Crippen LogP contribution in [-0.2, 0) is 0 Å². The zero-order valence-electron chi connectivity index (χ0n) is 8.83. The normalized spacial score (nSPS) is 11.3. The highest BCUT2D eigenvalue weighted by molar-refractivity contribution is 14.1. The molecule has 9 heteroatoms. The molecule has 1 N–H and O–H groups in total. The van der Waals surface area contributed by atoms with Crippen LogP contribution in [0.3, 0.4) is 0 Å². The zero-order chi connectivity index (χ0) is 13.8. The van der Waals surface area contributed by atoms with Crippen molar-refractivity contribution in [2.24, 2.45) is 0 Å². The molecule has 18 heavy (non-hydrogen) atoms. The minimum atomic E-state index is -4.23. The van der Waals surface area contributed by atoms with Gasteiger partial charge in [0.1, 0.15) is 0 Å². The van der Waals surface area contributed by atoms with Gasteiger partial charge in [0.25, 0.3) is 5.69 Å². The summed E-state index contributed by atoms with van der Waals surface area (Å²) in [5.74, 6) is -0.114. The number of halogens is 4. The third-order valence-corrected chi connectivity index (χ3v) is 3.44. The van der Waals surface area contributed by atoms with E-state index in [2.05, 4.69) is 5.32 Å². The van der Waals surface area contributed by atoms with Crippen LogP contribution in [0.2, 0.25) is 0 Å². The summed E-state index contributed by atoms with van der Waals surface area (Å²) in [6, 6.07) is 4.32. The van der Waals surface area contributed by atoms with Crippen LogP contribution in [0.15, 0.2) is 18.2 Å². The Bertz CT molecular complexity index is 442. The lowest BCUT2D eigenvalue weighted by Gasteiger charge is -2.08. The van der Waals surface area contributed by atoms with Crippen LogP contribution in [0, 0.1) is 13.7 Å². The van der Waals surface area contributed by atoms with Gasteiger partial charge in [-0.1, -0.05) is 0 Å². The number of benzene rings is 1. The van der Waals surface area contributed by atoms with E-state index in [1.807, 2.05) is 22.6 Å². The minimum Gasteiger partial charge on any atom is -0.384 e. The van der Waals surface area contributed by atoms with Gasteiger partial charge < -0.3 is 5.32 Å². The van der Waals surface area contributed by atoms with Gasteiger partial charge in [-0.05, 0) is 46.5 Å². The van der Waals surface area contributed by atoms with Gasteiger partial charge in [0.15, 0.2) is 0 Å². The van der Waals surface area contributed by atoms with Gasteiger partial charge in [0.2, 0.25) is 0 Å². The molecule has 0 atom stereocenters. The van der Waals surface area contributed by atoms with Crippen LogP contribution in [0.4, 0.5) is 24.5 Å². The molecule has 0 amide bonds. The van der Waals surface area contributed by atoms with Crippen molar-refractivity contribution in [2.45, 2.75) is 5.51 Å². The molecule has 0 aromatic heterocycles. The molecule has 100 valence electrons. The molecule has 0 unspecified atom stereocenters. The summed E-state index contributed by atoms with van der Waals surface area (Å²) in [7, 11) is 0. The molecule has 0 spiro atoms. The molecule has 0 aliphatic heterocycles. The van der Waals surface area contributed by atoms with E-state index in [0.29, 0.717) is 9.26 Å². The van der Waals surface area contributed by atoms with Gasteiger partial charge >= 0.3 is 5.51 Å². The zero-order valence-corrected chi connectivity index (χ0v) is 11.8. The van der Waals surface area contributed by atoms with Crippen molar-refractivity contribution in [3.63, 3.8) is 0 Å². The number of nitrogens with one attached hydrogen (secondary N) is 1. The quantitative estimate of drug-likeness (QED) is 0.358. The summed E-state index contributed by atoms with van der Waals surface area (Å²) in [5, 5.41) is 13.3. The van der Waals surface area contributed by atoms with E-state index >= 15 is 0 Å². The monoisotopic (exact) mass is 392 g/mol. The third-order valence-electron chi connectivity index (χ3n) is 1.84. The Balaban J connectivity index is 2.49. The lowest BCUT2D eigenvalue weighted by Crippen LogP contribution is -2.09. The second kappa shape index (κ2) is 6.45. The predicted molar refractivity (Wildman–Crippen MR) is 72.8 cm³/mol. The Labute approximate surface area is 119 Å². The number of rotatable bonds is 5. The second-order valence-corrected chi connectivity index (χ2v) is 5.47. The maximum atomic E-state index is 11.8. The third kappa shape index (κ3) is 5.29. The number of nitro groups is 1. The lowest BCUT2D eigenvalue weighted by atomic mass is 10.3. The summed E-state index contributed by atoms with van der Waals surface area (Å²) in [4.78, 5) is 10.0. The SMILES string of the molecule is O=[N+]([O-])c1ccc(NCCSC(F)(F)F)cc1I. The van der Waals surface area contributed by atoms with E-state index in [1.54, 1.807) is 0 Å². The first-order chi connectivity index (χ1) is 8.29. The van der Waals surface area contributed by atoms with Crippen LogP contribution in [0.1, 0.15) is 0 Å². The molecule has 4 nitrogen and oxygen atoms in total. The first-order valence-corrected chi connectivity index (χ1v) is 6.74. The van der Waals surface area contributed by atoms with Crippen molar-refractivity contribution < 1.29 is 18.1 Å². The lowest BCUT2D eigenvalue weighted by molar-refractivity contribution is -0.385. The molecule has 0 fully saturated rings. The van der Waals surface area contributed by atoms with Crippen LogP contribution in [0.25, 0.3) is 0 Å². The Kier molecular flexibility index (Phi) is 5.50. The van der Waals surface area contributed by atoms with Gasteiger partial charge in [-0.2, -0.15) is 13.2 Å². The van der Waals surface area contributed by atoms with E-state index in [4.69, 9.17) is 0 Å². The average Bonchev–Trinajstić information content (AvgIpc) is 2.22. The molecular formula is C9H8F3IN2O2S. The number of thioether (sulfide) groups is 1. The number of alkyl halides is 3. The number of hydrogen-bond donors (Lipinski definition) is 1. The van der Waals surface area contributed by atoms with E-state index < -0.39 is 10.4 Å². The van der Waals surface area contributed by atoms with E-state index in [-0.39, 0.29) is 29.7 Å². The molecule has 0 aliphatic rings. The Morgan fingerprint density at radius 1 is 1.44 bits per heavy atom. The maximum absolute atomic E-state index is 11.8. The summed E-state index contributed by atoms with van der Waals surface area (Å²) >= 11 is 1.70. The predicted octanol–water partition coefficient (Wildman–Crippen LogP) is 3.86. The molecule has 0 saturated carbocycles. The van der Waals surface area contributed by atoms with Crippen molar-refractivity contribution in [2.75, 3.05) is 17.6 Å². The van der Waals surface area contributed by atoms with Crippen LogP contribution >= 0.6 is 34.4 Å². The number of anilines is 1. The molecule has 0 bridgehead atoms. The fraction of sp³-hybridized carbons (Fsp3) is 0.333. The number of hydrogen-bond acceptors (Lipinski definition) is 4. The fourth-order valence-electron chi connectivity index (χ4n) is 1.13.